The van der Waals surface area contributed by atoms with Gasteiger partial charge in [0.1, 0.15) is 22.9 Å². The number of benzene rings is 3. The summed E-state index contributed by atoms with van der Waals surface area (Å²) in [4.78, 5) is 42.1. The van der Waals surface area contributed by atoms with Gasteiger partial charge < -0.3 is 29.7 Å². The number of ketones is 1. The fraction of sp³-hybridized carbons (Fsp3) is 0.378. The minimum Gasteiger partial charge on any atom is -0.506 e. The summed E-state index contributed by atoms with van der Waals surface area (Å²) in [6.07, 6.45) is 5.54. The number of carbonyl (C=O) groups is 3. The van der Waals surface area contributed by atoms with Crippen molar-refractivity contribution in [1.82, 2.24) is 19.9 Å². The first-order chi connectivity index (χ1) is 23.6. The third-order valence-corrected chi connectivity index (χ3v) is 8.41. The normalized spacial score (nSPS) is 12.5. The minimum absolute atomic E-state index is 0.0285. The first-order valence-corrected chi connectivity index (χ1v) is 16.6. The number of hydrogen-bond donors (Lipinski definition) is 2. The number of phenols is 1. The highest BCUT2D eigenvalue weighted by atomic mass is 16.5. The first kappa shape index (κ1) is 36.4. The Morgan fingerprint density at radius 2 is 1.51 bits per heavy atom. The molecule has 1 aliphatic heterocycles. The van der Waals surface area contributed by atoms with E-state index >= 15 is 0 Å². The quantitative estimate of drug-likeness (QED) is 0.111. The molecule has 0 atom stereocenters. The van der Waals surface area contributed by atoms with Crippen LogP contribution < -0.4 is 19.7 Å². The number of carbonyl (C=O) groups excluding carboxylic acids is 3. The molecule has 0 saturated carbocycles. The van der Waals surface area contributed by atoms with Crippen LogP contribution in [0.25, 0.3) is 5.69 Å². The van der Waals surface area contributed by atoms with Gasteiger partial charge in [-0.25, -0.2) is 4.68 Å². The SMILES string of the molecule is CCCCCC.COc1ccc(OC)c(-n2nnc(C(=O)Nc3cc(C(=O)c4ccc(N5CCN(C(C)=O)CC5)cc4)ccc3O)c2C)c1. The first-order valence-electron chi connectivity index (χ1n) is 16.6. The van der Waals surface area contributed by atoms with Crippen molar-refractivity contribution in [2.24, 2.45) is 0 Å². The number of hydrogen-bond acceptors (Lipinski definition) is 9. The zero-order chi connectivity index (χ0) is 35.5. The van der Waals surface area contributed by atoms with Crippen molar-refractivity contribution >= 4 is 29.0 Å². The lowest BCUT2D eigenvalue weighted by molar-refractivity contribution is -0.129. The van der Waals surface area contributed by atoms with Crippen LogP contribution in [-0.4, -0.2) is 83.0 Å². The van der Waals surface area contributed by atoms with Gasteiger partial charge in [-0.1, -0.05) is 44.7 Å². The molecular weight excluding hydrogens is 624 g/mol. The zero-order valence-corrected chi connectivity index (χ0v) is 29.2. The molecule has 260 valence electrons. The molecule has 1 fully saturated rings. The summed E-state index contributed by atoms with van der Waals surface area (Å²) in [7, 11) is 3.06. The summed E-state index contributed by atoms with van der Waals surface area (Å²) in [5.41, 5.74) is 2.76. The lowest BCUT2D eigenvalue weighted by Gasteiger charge is -2.35. The molecule has 2 amide bonds. The van der Waals surface area contributed by atoms with Crippen LogP contribution in [0.15, 0.2) is 60.7 Å². The number of rotatable bonds is 11. The number of methoxy groups -OCH3 is 2. The van der Waals surface area contributed by atoms with E-state index in [1.165, 1.54) is 55.7 Å². The Morgan fingerprint density at radius 1 is 0.857 bits per heavy atom. The molecule has 49 heavy (non-hydrogen) atoms. The number of anilines is 2. The maximum atomic E-state index is 13.3. The molecule has 0 aliphatic carbocycles. The van der Waals surface area contributed by atoms with Crippen LogP contribution in [0, 0.1) is 6.92 Å². The van der Waals surface area contributed by atoms with Gasteiger partial charge >= 0.3 is 0 Å². The topological polar surface area (TPSA) is 139 Å². The molecule has 0 radical (unpaired) electrons. The van der Waals surface area contributed by atoms with Crippen LogP contribution in [0.1, 0.15) is 78.6 Å². The highest BCUT2D eigenvalue weighted by Gasteiger charge is 2.22. The molecule has 2 N–H and O–H groups in total. The number of unbranched alkanes of at least 4 members (excludes halogenated alkanes) is 3. The lowest BCUT2D eigenvalue weighted by Crippen LogP contribution is -2.48. The van der Waals surface area contributed by atoms with Crippen LogP contribution in [0.2, 0.25) is 0 Å². The number of aromatic hydroxyl groups is 1. The molecule has 1 saturated heterocycles. The summed E-state index contributed by atoms with van der Waals surface area (Å²) in [5.74, 6) is 0.0683. The average molecular weight is 671 g/mol. The molecule has 2 heterocycles. The Kier molecular flexibility index (Phi) is 12.7. The van der Waals surface area contributed by atoms with Crippen molar-refractivity contribution in [2.45, 2.75) is 53.4 Å². The van der Waals surface area contributed by atoms with E-state index in [0.717, 1.165) is 5.69 Å². The van der Waals surface area contributed by atoms with Gasteiger partial charge in [0.25, 0.3) is 5.91 Å². The Morgan fingerprint density at radius 3 is 2.10 bits per heavy atom. The van der Waals surface area contributed by atoms with Gasteiger partial charge in [-0.3, -0.25) is 14.4 Å². The molecular formula is C37H46N6O6. The standard InChI is InChI=1S/C31H32N6O6.C6H14/c1-19-29(33-34-37(19)26-18-24(42-3)10-12-28(26)43-4)31(41)32-25-17-22(7-11-27(25)39)30(40)21-5-8-23(9-6-21)36-15-13-35(14-16-36)20(2)38;1-3-5-6-4-2/h5-12,17-18,39H,13-16H2,1-4H3,(H,32,41);3-6H2,1-2H3. The third kappa shape index (κ3) is 8.95. The molecule has 1 aromatic heterocycles. The molecule has 5 rings (SSSR count). The van der Waals surface area contributed by atoms with Crippen LogP contribution in [0.5, 0.6) is 17.2 Å². The summed E-state index contributed by atoms with van der Waals surface area (Å²) in [6, 6.07) is 16.7. The van der Waals surface area contributed by atoms with Gasteiger partial charge in [0.05, 0.1) is 25.6 Å². The molecule has 1 aliphatic rings. The third-order valence-electron chi connectivity index (χ3n) is 8.41. The van der Waals surface area contributed by atoms with E-state index in [9.17, 15) is 19.5 Å². The number of piperazine rings is 1. The van der Waals surface area contributed by atoms with Crippen LogP contribution in [0.3, 0.4) is 0 Å². The van der Waals surface area contributed by atoms with E-state index in [1.807, 2.05) is 17.0 Å². The second-order valence-corrected chi connectivity index (χ2v) is 11.7. The van der Waals surface area contributed by atoms with Gasteiger partial charge in [-0.05, 0) is 61.5 Å². The number of amides is 2. The monoisotopic (exact) mass is 670 g/mol. The van der Waals surface area contributed by atoms with E-state index in [0.29, 0.717) is 54.6 Å². The van der Waals surface area contributed by atoms with Crippen molar-refractivity contribution < 1.29 is 29.0 Å². The Labute approximate surface area is 287 Å². The van der Waals surface area contributed by atoms with Crippen molar-refractivity contribution in [3.05, 3.63) is 83.2 Å². The zero-order valence-electron chi connectivity index (χ0n) is 29.2. The number of nitrogens with one attached hydrogen (secondary N) is 1. The number of phenolic OH excluding ortho intramolecular Hbond substituents is 1. The van der Waals surface area contributed by atoms with Crippen LogP contribution in [0.4, 0.5) is 11.4 Å². The van der Waals surface area contributed by atoms with Crippen LogP contribution in [-0.2, 0) is 4.79 Å². The van der Waals surface area contributed by atoms with Gasteiger partial charge in [-0.2, -0.15) is 0 Å². The Balaban J connectivity index is 0.000000827. The van der Waals surface area contributed by atoms with Gasteiger partial charge in [-0.15, -0.1) is 5.10 Å². The van der Waals surface area contributed by atoms with E-state index < -0.39 is 5.91 Å². The largest absolute Gasteiger partial charge is 0.506 e. The fourth-order valence-corrected chi connectivity index (χ4v) is 5.46. The molecule has 3 aromatic carbocycles. The molecule has 12 heteroatoms. The average Bonchev–Trinajstić information content (AvgIpc) is 3.52. The molecule has 0 spiro atoms. The number of ether oxygens (including phenoxy) is 2. The molecule has 0 unspecified atom stereocenters. The van der Waals surface area contributed by atoms with E-state index in [4.69, 9.17) is 9.47 Å². The van der Waals surface area contributed by atoms with E-state index in [-0.39, 0.29) is 34.4 Å². The summed E-state index contributed by atoms with van der Waals surface area (Å²) in [5, 5.41) is 21.3. The second kappa shape index (κ2) is 17.1. The lowest BCUT2D eigenvalue weighted by atomic mass is 10.0. The predicted molar refractivity (Wildman–Crippen MR) is 189 cm³/mol. The molecule has 4 aromatic rings. The van der Waals surface area contributed by atoms with Crippen molar-refractivity contribution in [3.63, 3.8) is 0 Å². The number of aromatic nitrogens is 3. The van der Waals surface area contributed by atoms with Crippen molar-refractivity contribution in [1.29, 1.82) is 0 Å². The summed E-state index contributed by atoms with van der Waals surface area (Å²) >= 11 is 0. The summed E-state index contributed by atoms with van der Waals surface area (Å²) in [6.45, 7) is 10.5. The number of nitrogens with zero attached hydrogens (tertiary/aromatic N) is 5. The van der Waals surface area contributed by atoms with Crippen molar-refractivity contribution in [2.75, 3.05) is 50.6 Å². The van der Waals surface area contributed by atoms with Gasteiger partial charge in [0.15, 0.2) is 11.5 Å². The van der Waals surface area contributed by atoms with Crippen LogP contribution >= 0.6 is 0 Å². The maximum absolute atomic E-state index is 13.3. The highest BCUT2D eigenvalue weighted by Crippen LogP contribution is 2.30. The highest BCUT2D eigenvalue weighted by molar-refractivity contribution is 6.11. The molecule has 12 nitrogen and oxygen atoms in total. The summed E-state index contributed by atoms with van der Waals surface area (Å²) < 4.78 is 12.2. The Bertz CT molecular complexity index is 1740. The minimum atomic E-state index is -0.611. The predicted octanol–water partition coefficient (Wildman–Crippen LogP) is 6.04. The van der Waals surface area contributed by atoms with Gasteiger partial charge in [0.2, 0.25) is 5.91 Å². The van der Waals surface area contributed by atoms with Gasteiger partial charge in [0, 0.05) is 56.0 Å². The van der Waals surface area contributed by atoms with Crippen molar-refractivity contribution in [3.8, 4) is 22.9 Å². The van der Waals surface area contributed by atoms with E-state index in [1.54, 1.807) is 51.3 Å². The fourth-order valence-electron chi connectivity index (χ4n) is 5.46. The van der Waals surface area contributed by atoms with E-state index in [2.05, 4.69) is 34.4 Å². The second-order valence-electron chi connectivity index (χ2n) is 11.7. The molecule has 0 bridgehead atoms. The maximum Gasteiger partial charge on any atom is 0.278 e. The smallest absolute Gasteiger partial charge is 0.278 e. The Hall–Kier alpha value is -5.39.